The Morgan fingerprint density at radius 2 is 2.05 bits per heavy atom. The van der Waals surface area contributed by atoms with E-state index in [1.807, 2.05) is 0 Å². The molecule has 1 fully saturated rings. The van der Waals surface area contributed by atoms with Crippen molar-refractivity contribution in [2.24, 2.45) is 0 Å². The first kappa shape index (κ1) is 31.8. The largest absolute Gasteiger partial charge is 0.465 e. The number of ether oxygens (including phenoxy) is 2. The molecule has 0 spiro atoms. The first-order chi connectivity index (χ1) is 20.1. The number of nitrogens with one attached hydrogen (secondary N) is 1. The Morgan fingerprint density at radius 1 is 1.29 bits per heavy atom. The highest BCUT2D eigenvalue weighted by molar-refractivity contribution is 7.52. The highest BCUT2D eigenvalue weighted by Gasteiger charge is 2.60. The van der Waals surface area contributed by atoms with Crippen LogP contribution in [-0.4, -0.2) is 75.0 Å². The molecule has 0 saturated carbocycles. The second kappa shape index (κ2) is 13.4. The maximum Gasteiger partial charge on any atom is 0.459 e. The lowest BCUT2D eigenvalue weighted by molar-refractivity contribution is -0.145. The van der Waals surface area contributed by atoms with E-state index in [0.29, 0.717) is 11.9 Å². The van der Waals surface area contributed by atoms with Crippen LogP contribution in [0.2, 0.25) is 0 Å². The normalized spacial score (nSPS) is 24.4. The first-order valence-electron chi connectivity index (χ1n) is 13.7. The van der Waals surface area contributed by atoms with Crippen LogP contribution >= 0.6 is 7.75 Å². The van der Waals surface area contributed by atoms with Gasteiger partial charge < -0.3 is 29.9 Å². The zero-order valence-corrected chi connectivity index (χ0v) is 24.4. The van der Waals surface area contributed by atoms with Crippen molar-refractivity contribution in [3.05, 3.63) is 54.5 Å². The number of para-hydroxylation sites is 1. The van der Waals surface area contributed by atoms with Gasteiger partial charge in [-0.3, -0.25) is 9.32 Å². The minimum absolute atomic E-state index is 0.0755. The van der Waals surface area contributed by atoms with Crippen LogP contribution < -0.4 is 15.3 Å². The van der Waals surface area contributed by atoms with Crippen LogP contribution in [0.25, 0.3) is 5.52 Å². The number of aromatic nitrogens is 3. The number of anilines is 1. The van der Waals surface area contributed by atoms with E-state index in [4.69, 9.17) is 24.3 Å². The van der Waals surface area contributed by atoms with Gasteiger partial charge in [-0.05, 0) is 37.6 Å². The molecule has 1 aromatic carbocycles. The maximum atomic E-state index is 14.6. The van der Waals surface area contributed by atoms with Crippen LogP contribution in [0.1, 0.15) is 45.2 Å². The fourth-order valence-corrected chi connectivity index (χ4v) is 6.18. The lowest BCUT2D eigenvalue weighted by atomic mass is 9.86. The van der Waals surface area contributed by atoms with Gasteiger partial charge in [0.1, 0.15) is 42.0 Å². The minimum atomic E-state index is -4.42. The fraction of sp³-hybridized carbons (Fsp3) is 0.519. The average Bonchev–Trinajstić information content (AvgIpc) is 3.53. The molecule has 2 aromatic heterocycles. The van der Waals surface area contributed by atoms with E-state index in [9.17, 15) is 24.0 Å². The summed E-state index contributed by atoms with van der Waals surface area (Å²) in [6, 6.07) is 9.90. The molecule has 42 heavy (non-hydrogen) atoms. The molecule has 4 rings (SSSR count). The van der Waals surface area contributed by atoms with Crippen molar-refractivity contribution in [1.29, 1.82) is 0 Å². The van der Waals surface area contributed by atoms with Gasteiger partial charge in [0.25, 0.3) is 0 Å². The Morgan fingerprint density at radius 3 is 2.76 bits per heavy atom. The molecule has 13 nitrogen and oxygen atoms in total. The molecular weight excluding hydrogens is 572 g/mol. The van der Waals surface area contributed by atoms with E-state index in [1.54, 1.807) is 18.2 Å². The van der Waals surface area contributed by atoms with Crippen molar-refractivity contribution in [1.82, 2.24) is 19.7 Å². The summed E-state index contributed by atoms with van der Waals surface area (Å²) in [5.74, 6) is -0.406. The number of alkyl halides is 1. The molecule has 0 bridgehead atoms. The maximum absolute atomic E-state index is 14.6. The number of nitrogens with two attached hydrogens (primary N) is 1. The lowest BCUT2D eigenvalue weighted by Gasteiger charge is -2.33. The summed E-state index contributed by atoms with van der Waals surface area (Å²) in [5.41, 5.74) is 2.02. The zero-order chi connectivity index (χ0) is 30.4. The molecule has 1 aliphatic rings. The van der Waals surface area contributed by atoms with Crippen LogP contribution in [0.5, 0.6) is 5.75 Å². The van der Waals surface area contributed by atoms with Gasteiger partial charge in [-0.2, -0.15) is 10.2 Å². The Labute approximate surface area is 242 Å². The predicted molar refractivity (Wildman–Crippen MR) is 150 cm³/mol. The highest BCUT2D eigenvalue weighted by Crippen LogP contribution is 2.48. The molecule has 0 aliphatic carbocycles. The van der Waals surface area contributed by atoms with Crippen LogP contribution in [0.3, 0.4) is 0 Å². The van der Waals surface area contributed by atoms with E-state index < -0.39 is 57.0 Å². The van der Waals surface area contributed by atoms with Crippen molar-refractivity contribution >= 4 is 25.1 Å². The van der Waals surface area contributed by atoms with Gasteiger partial charge in [-0.25, -0.2) is 18.5 Å². The van der Waals surface area contributed by atoms with Gasteiger partial charge in [0.05, 0.1) is 25.5 Å². The van der Waals surface area contributed by atoms with Gasteiger partial charge in [-0.1, -0.05) is 44.4 Å². The number of esters is 1. The number of carbonyl (C=O) groups excluding carboxylic acids is 1. The van der Waals surface area contributed by atoms with Crippen molar-refractivity contribution in [2.75, 3.05) is 32.2 Å². The SMILES string of the molecule is CCCCCCOC(=O)[C@H](C)NP(=O)(OC[C@@]1(CF)OC[C@@](O)(c2ccc3c(N)ncnn23)[C@@H]1O)Oc1ccccc1. The number of nitrogen functional groups attached to an aromatic ring is 1. The number of nitrogens with zero attached hydrogens (tertiary/aromatic N) is 3. The Bertz CT molecular complexity index is 1400. The summed E-state index contributed by atoms with van der Waals surface area (Å²) in [5, 5.41) is 29.4. The molecule has 5 atom stereocenters. The third kappa shape index (κ3) is 6.74. The number of halogens is 1. The monoisotopic (exact) mass is 609 g/mol. The molecular formula is C27H37FN5O8P. The summed E-state index contributed by atoms with van der Waals surface area (Å²) in [6.07, 6.45) is 2.91. The molecule has 1 saturated heterocycles. The Kier molecular flexibility index (Phi) is 10.2. The van der Waals surface area contributed by atoms with E-state index in [1.165, 1.54) is 42.0 Å². The van der Waals surface area contributed by atoms with Gasteiger partial charge in [0.15, 0.2) is 11.4 Å². The molecule has 230 valence electrons. The third-order valence-electron chi connectivity index (χ3n) is 7.08. The Balaban J connectivity index is 1.52. The number of fused-ring (bicyclic) bond motifs is 1. The number of rotatable bonds is 15. The average molecular weight is 610 g/mol. The van der Waals surface area contributed by atoms with E-state index in [-0.39, 0.29) is 23.9 Å². The predicted octanol–water partition coefficient (Wildman–Crippen LogP) is 2.90. The number of hydrogen-bond donors (Lipinski definition) is 4. The number of unbranched alkanes of at least 4 members (excludes halogenated alkanes) is 3. The van der Waals surface area contributed by atoms with Crippen LogP contribution in [0.15, 0.2) is 48.8 Å². The highest BCUT2D eigenvalue weighted by atomic mass is 31.2. The number of carbonyl (C=O) groups is 1. The third-order valence-corrected chi connectivity index (χ3v) is 8.70. The smallest absolute Gasteiger partial charge is 0.459 e. The summed E-state index contributed by atoms with van der Waals surface area (Å²) in [7, 11) is -4.42. The lowest BCUT2D eigenvalue weighted by Crippen LogP contribution is -2.53. The second-order valence-electron chi connectivity index (χ2n) is 10.2. The van der Waals surface area contributed by atoms with Gasteiger partial charge in [-0.15, -0.1) is 0 Å². The molecule has 0 amide bonds. The zero-order valence-electron chi connectivity index (χ0n) is 23.5. The summed E-state index contributed by atoms with van der Waals surface area (Å²) in [4.78, 5) is 16.5. The van der Waals surface area contributed by atoms with Crippen LogP contribution in [0, 0.1) is 0 Å². The van der Waals surface area contributed by atoms with E-state index in [2.05, 4.69) is 22.1 Å². The van der Waals surface area contributed by atoms with E-state index >= 15 is 0 Å². The van der Waals surface area contributed by atoms with Gasteiger partial charge in [0, 0.05) is 0 Å². The van der Waals surface area contributed by atoms with Gasteiger partial charge >= 0.3 is 13.7 Å². The van der Waals surface area contributed by atoms with Crippen molar-refractivity contribution in [3.63, 3.8) is 0 Å². The molecule has 0 radical (unpaired) electrons. The fourth-order valence-electron chi connectivity index (χ4n) is 4.63. The summed E-state index contributed by atoms with van der Waals surface area (Å²) in [6.45, 7) is 1.01. The molecule has 1 unspecified atom stereocenters. The topological polar surface area (TPSA) is 180 Å². The first-order valence-corrected chi connectivity index (χ1v) is 15.2. The molecule has 15 heteroatoms. The molecule has 3 aromatic rings. The molecule has 3 heterocycles. The number of hydrogen-bond acceptors (Lipinski definition) is 11. The van der Waals surface area contributed by atoms with Crippen LogP contribution in [-0.2, 0) is 29.0 Å². The summed E-state index contributed by atoms with van der Waals surface area (Å²) >= 11 is 0. The molecule has 5 N–H and O–H groups in total. The number of benzene rings is 1. The second-order valence-corrected chi connectivity index (χ2v) is 11.9. The summed E-state index contributed by atoms with van der Waals surface area (Å²) < 4.78 is 51.9. The molecule has 1 aliphatic heterocycles. The van der Waals surface area contributed by atoms with Crippen LogP contribution in [0.4, 0.5) is 10.2 Å². The van der Waals surface area contributed by atoms with Crippen molar-refractivity contribution in [3.8, 4) is 5.75 Å². The standard InChI is InChI=1S/C27H37FN5O8P/c1-3-4-5-9-14-38-24(34)19(2)32-42(37,41-20-10-7-6-8-11-20)40-16-26(15-28)25(35)27(36,17-39-26)22-13-12-21-23(29)30-18-31-33(21)22/h6-8,10-13,18-19,25,35-36H,3-5,9,14-17H2,1-2H3,(H,32,37)(H2,29,30,31)/t19-,25+,26+,27+,42?/m0/s1. The minimum Gasteiger partial charge on any atom is -0.465 e. The number of aliphatic hydroxyl groups excluding tert-OH is 1. The quantitative estimate of drug-likeness (QED) is 0.113. The van der Waals surface area contributed by atoms with Crippen molar-refractivity contribution in [2.45, 2.75) is 62.9 Å². The Hall–Kier alpha value is -3.13. The van der Waals surface area contributed by atoms with E-state index in [0.717, 1.165) is 19.3 Å². The van der Waals surface area contributed by atoms with Crippen molar-refractivity contribution < 1.29 is 42.5 Å². The van der Waals surface area contributed by atoms with Gasteiger partial charge in [0.2, 0.25) is 0 Å². The number of aliphatic hydroxyl groups is 2.